The first-order chi connectivity index (χ1) is 14.9. The lowest BCUT2D eigenvalue weighted by atomic mass is 9.98. The van der Waals surface area contributed by atoms with Crippen molar-refractivity contribution in [1.29, 1.82) is 0 Å². The first kappa shape index (κ1) is 18.1. The summed E-state index contributed by atoms with van der Waals surface area (Å²) < 4.78 is 5.93. The zero-order chi connectivity index (χ0) is 20.2. The van der Waals surface area contributed by atoms with E-state index in [1.807, 2.05) is 42.5 Å². The third kappa shape index (κ3) is 3.81. The van der Waals surface area contributed by atoms with E-state index in [-0.39, 0.29) is 0 Å². The molecule has 0 fully saturated rings. The number of hydrogen-bond donors (Lipinski definition) is 0. The highest BCUT2D eigenvalue weighted by Gasteiger charge is 2.09. The fourth-order valence-electron chi connectivity index (χ4n) is 3.64. The number of fused-ring (bicyclic) bond motifs is 1. The summed E-state index contributed by atoms with van der Waals surface area (Å²) in [6, 6.07) is 39.3. The van der Waals surface area contributed by atoms with E-state index in [9.17, 15) is 0 Å². The predicted molar refractivity (Wildman–Crippen MR) is 123 cm³/mol. The highest BCUT2D eigenvalue weighted by molar-refractivity contribution is 5.96. The molecule has 0 N–H and O–H groups in total. The maximum Gasteiger partial charge on any atom is 0.119 e. The van der Waals surface area contributed by atoms with Crippen LogP contribution in [0.25, 0.3) is 33.3 Å². The van der Waals surface area contributed by atoms with E-state index in [1.165, 1.54) is 11.1 Å². The maximum absolute atomic E-state index is 5.93. The Morgan fingerprint density at radius 2 is 1.27 bits per heavy atom. The van der Waals surface area contributed by atoms with Crippen LogP contribution in [-0.4, -0.2) is 4.98 Å². The molecular weight excluding hydrogens is 366 g/mol. The van der Waals surface area contributed by atoms with Gasteiger partial charge in [-0.2, -0.15) is 0 Å². The molecule has 2 heteroatoms. The fourth-order valence-corrected chi connectivity index (χ4v) is 3.64. The highest BCUT2D eigenvalue weighted by atomic mass is 16.5. The van der Waals surface area contributed by atoms with Crippen molar-refractivity contribution in [1.82, 2.24) is 4.98 Å². The number of benzene rings is 4. The van der Waals surface area contributed by atoms with Gasteiger partial charge in [-0.3, -0.25) is 0 Å². The Bertz CT molecular complexity index is 1260. The van der Waals surface area contributed by atoms with E-state index in [2.05, 4.69) is 72.8 Å². The van der Waals surface area contributed by atoms with Gasteiger partial charge in [-0.05, 0) is 53.1 Å². The quantitative estimate of drug-likeness (QED) is 0.319. The van der Waals surface area contributed by atoms with Crippen molar-refractivity contribution in [2.45, 2.75) is 6.61 Å². The van der Waals surface area contributed by atoms with Crippen LogP contribution in [0.15, 0.2) is 115 Å². The largest absolute Gasteiger partial charge is 0.489 e. The van der Waals surface area contributed by atoms with Crippen molar-refractivity contribution in [3.63, 3.8) is 0 Å². The molecule has 30 heavy (non-hydrogen) atoms. The minimum atomic E-state index is 0.562. The predicted octanol–water partition coefficient (Wildman–Crippen LogP) is 7.15. The van der Waals surface area contributed by atoms with Gasteiger partial charge in [0.1, 0.15) is 12.4 Å². The third-order valence-corrected chi connectivity index (χ3v) is 5.20. The van der Waals surface area contributed by atoms with Gasteiger partial charge < -0.3 is 4.74 Å². The average molecular weight is 387 g/mol. The second-order valence-electron chi connectivity index (χ2n) is 7.24. The Balaban J connectivity index is 1.47. The van der Waals surface area contributed by atoms with Crippen molar-refractivity contribution in [3.05, 3.63) is 121 Å². The molecule has 5 rings (SSSR count). The summed E-state index contributed by atoms with van der Waals surface area (Å²) in [4.78, 5) is 4.91. The summed E-state index contributed by atoms with van der Waals surface area (Å²) in [7, 11) is 0. The molecule has 0 aliphatic heterocycles. The summed E-state index contributed by atoms with van der Waals surface area (Å²) in [6.07, 6.45) is 0. The number of aromatic nitrogens is 1. The summed E-state index contributed by atoms with van der Waals surface area (Å²) in [5, 5.41) is 1.16. The number of rotatable bonds is 5. The molecule has 1 heterocycles. The van der Waals surface area contributed by atoms with Crippen LogP contribution in [-0.2, 0) is 6.61 Å². The molecule has 0 aliphatic carbocycles. The van der Waals surface area contributed by atoms with Crippen LogP contribution < -0.4 is 4.74 Å². The SMILES string of the molecule is c1ccc(COc2ccc(-c3cc(-c4ccccc4)c4ccccc4n3)cc2)cc1. The lowest BCUT2D eigenvalue weighted by Crippen LogP contribution is -1.95. The van der Waals surface area contributed by atoms with Gasteiger partial charge in [0.25, 0.3) is 0 Å². The van der Waals surface area contributed by atoms with Crippen LogP contribution >= 0.6 is 0 Å². The molecule has 0 radical (unpaired) electrons. The van der Waals surface area contributed by atoms with Crippen LogP contribution in [0, 0.1) is 0 Å². The average Bonchev–Trinajstić information content (AvgIpc) is 2.83. The van der Waals surface area contributed by atoms with Gasteiger partial charge in [0.15, 0.2) is 0 Å². The third-order valence-electron chi connectivity index (χ3n) is 5.20. The lowest BCUT2D eigenvalue weighted by Gasteiger charge is -2.11. The highest BCUT2D eigenvalue weighted by Crippen LogP contribution is 2.32. The molecule has 0 saturated carbocycles. The molecule has 0 spiro atoms. The summed E-state index contributed by atoms with van der Waals surface area (Å²) in [5.41, 5.74) is 6.58. The molecule has 1 aromatic heterocycles. The summed E-state index contributed by atoms with van der Waals surface area (Å²) >= 11 is 0. The van der Waals surface area contributed by atoms with Crippen molar-refractivity contribution in [3.8, 4) is 28.1 Å². The zero-order valence-corrected chi connectivity index (χ0v) is 16.5. The van der Waals surface area contributed by atoms with E-state index < -0.39 is 0 Å². The molecule has 0 bridgehead atoms. The van der Waals surface area contributed by atoms with Crippen LogP contribution in [0.4, 0.5) is 0 Å². The fraction of sp³-hybridized carbons (Fsp3) is 0.0357. The second-order valence-corrected chi connectivity index (χ2v) is 7.24. The summed E-state index contributed by atoms with van der Waals surface area (Å²) in [5.74, 6) is 0.853. The Labute approximate surface area is 176 Å². The monoisotopic (exact) mass is 387 g/mol. The molecule has 0 aliphatic rings. The van der Waals surface area contributed by atoms with Crippen molar-refractivity contribution < 1.29 is 4.74 Å². The molecule has 0 saturated heterocycles. The number of para-hydroxylation sites is 1. The maximum atomic E-state index is 5.93. The Hall–Kier alpha value is -3.91. The molecule has 4 aromatic carbocycles. The van der Waals surface area contributed by atoms with Crippen LogP contribution in [0.5, 0.6) is 5.75 Å². The number of hydrogen-bond acceptors (Lipinski definition) is 2. The smallest absolute Gasteiger partial charge is 0.119 e. The first-order valence-electron chi connectivity index (χ1n) is 10.1. The number of nitrogens with zero attached hydrogens (tertiary/aromatic N) is 1. The van der Waals surface area contributed by atoms with Gasteiger partial charge in [0, 0.05) is 10.9 Å². The molecule has 0 unspecified atom stereocenters. The van der Waals surface area contributed by atoms with Gasteiger partial charge in [0.05, 0.1) is 11.2 Å². The van der Waals surface area contributed by atoms with E-state index in [0.717, 1.165) is 33.5 Å². The van der Waals surface area contributed by atoms with Gasteiger partial charge >= 0.3 is 0 Å². The molecular formula is C28H21NO. The van der Waals surface area contributed by atoms with Crippen LogP contribution in [0.3, 0.4) is 0 Å². The normalized spacial score (nSPS) is 10.8. The molecule has 0 amide bonds. The van der Waals surface area contributed by atoms with Gasteiger partial charge in [-0.1, -0.05) is 78.9 Å². The van der Waals surface area contributed by atoms with E-state index in [1.54, 1.807) is 0 Å². The number of pyridine rings is 1. The van der Waals surface area contributed by atoms with Gasteiger partial charge in [0.2, 0.25) is 0 Å². The molecule has 0 atom stereocenters. The standard InChI is InChI=1S/C28H21NO/c1-3-9-21(10-4-1)20-30-24-17-15-23(16-18-24)28-19-26(22-11-5-2-6-12-22)25-13-7-8-14-27(25)29-28/h1-19H,20H2. The van der Waals surface area contributed by atoms with Crippen LogP contribution in [0.2, 0.25) is 0 Å². The Morgan fingerprint density at radius 3 is 2.03 bits per heavy atom. The first-order valence-corrected chi connectivity index (χ1v) is 10.1. The van der Waals surface area contributed by atoms with Crippen molar-refractivity contribution >= 4 is 10.9 Å². The lowest BCUT2D eigenvalue weighted by molar-refractivity contribution is 0.306. The molecule has 5 aromatic rings. The minimum absolute atomic E-state index is 0.562. The topological polar surface area (TPSA) is 22.1 Å². The number of ether oxygens (including phenoxy) is 1. The summed E-state index contributed by atoms with van der Waals surface area (Å²) in [6.45, 7) is 0.562. The van der Waals surface area contributed by atoms with E-state index >= 15 is 0 Å². The Kier molecular flexibility index (Phi) is 4.97. The Morgan fingerprint density at radius 1 is 0.600 bits per heavy atom. The van der Waals surface area contributed by atoms with Gasteiger partial charge in [-0.25, -0.2) is 4.98 Å². The molecule has 144 valence electrons. The second kappa shape index (κ2) is 8.22. The zero-order valence-electron chi connectivity index (χ0n) is 16.5. The van der Waals surface area contributed by atoms with E-state index in [4.69, 9.17) is 9.72 Å². The van der Waals surface area contributed by atoms with Crippen molar-refractivity contribution in [2.75, 3.05) is 0 Å². The minimum Gasteiger partial charge on any atom is -0.489 e. The van der Waals surface area contributed by atoms with E-state index in [0.29, 0.717) is 6.61 Å². The van der Waals surface area contributed by atoms with Gasteiger partial charge in [-0.15, -0.1) is 0 Å². The molecule has 2 nitrogen and oxygen atoms in total. The van der Waals surface area contributed by atoms with Crippen molar-refractivity contribution in [2.24, 2.45) is 0 Å². The van der Waals surface area contributed by atoms with Crippen LogP contribution in [0.1, 0.15) is 5.56 Å².